The maximum absolute atomic E-state index is 13.7. The van der Waals surface area contributed by atoms with E-state index >= 15 is 0 Å². The Kier molecular flexibility index (Phi) is 3.13. The average molecular weight is 265 g/mol. The normalized spacial score (nSPS) is 30.6. The Bertz CT molecular complexity index is 503. The average Bonchev–Trinajstić information content (AvgIpc) is 2.64. The lowest BCUT2D eigenvalue weighted by Gasteiger charge is -2.35. The summed E-state index contributed by atoms with van der Waals surface area (Å²) in [6, 6.07) is 3.95. The molecule has 2 nitrogen and oxygen atoms in total. The van der Waals surface area contributed by atoms with E-state index in [-0.39, 0.29) is 17.3 Å². The van der Waals surface area contributed by atoms with Gasteiger partial charge in [-0.15, -0.1) is 0 Å². The number of hydrogen-bond acceptors (Lipinski definition) is 2. The van der Waals surface area contributed by atoms with Gasteiger partial charge in [-0.1, -0.05) is 0 Å². The van der Waals surface area contributed by atoms with Crippen LogP contribution in [0.1, 0.15) is 36.0 Å². The number of hydrogen-bond donors (Lipinski definition) is 0. The minimum absolute atomic E-state index is 0.0889. The zero-order chi connectivity index (χ0) is 13.6. The van der Waals surface area contributed by atoms with Gasteiger partial charge in [0.2, 0.25) is 0 Å². The van der Waals surface area contributed by atoms with Gasteiger partial charge in [0, 0.05) is 18.0 Å². The maximum Gasteiger partial charge on any atom is 0.169 e. The summed E-state index contributed by atoms with van der Waals surface area (Å²) in [5.41, 5.74) is -0.0889. The van der Waals surface area contributed by atoms with Crippen LogP contribution in [-0.2, 0) is 0 Å². The van der Waals surface area contributed by atoms with Gasteiger partial charge in [0.25, 0.3) is 0 Å². The molecule has 0 aliphatic carbocycles. The van der Waals surface area contributed by atoms with Crippen LogP contribution in [0.4, 0.5) is 8.78 Å². The first-order chi connectivity index (χ1) is 9.06. The molecule has 0 spiro atoms. The summed E-state index contributed by atoms with van der Waals surface area (Å²) in [6.07, 6.45) is 3.75. The molecule has 3 rings (SSSR count). The van der Waals surface area contributed by atoms with Crippen molar-refractivity contribution >= 4 is 5.78 Å². The number of fused-ring (bicyclic) bond motifs is 2. The van der Waals surface area contributed by atoms with Gasteiger partial charge in [0.1, 0.15) is 11.6 Å². The fraction of sp³-hybridized carbons (Fsp3) is 0.533. The number of rotatable bonds is 2. The lowest BCUT2D eigenvalue weighted by Crippen LogP contribution is -2.42. The summed E-state index contributed by atoms with van der Waals surface area (Å²) >= 11 is 0. The van der Waals surface area contributed by atoms with Crippen molar-refractivity contribution in [1.29, 1.82) is 0 Å². The molecule has 19 heavy (non-hydrogen) atoms. The largest absolute Gasteiger partial charge is 0.300 e. The van der Waals surface area contributed by atoms with E-state index in [9.17, 15) is 13.6 Å². The van der Waals surface area contributed by atoms with E-state index in [1.54, 1.807) is 0 Å². The third-order valence-corrected chi connectivity index (χ3v) is 4.66. The van der Waals surface area contributed by atoms with E-state index in [4.69, 9.17) is 0 Å². The SMILES string of the molecule is CN1C2CCC1CC(C(=O)c1cc(F)ccc1F)C2. The standard InChI is InChI=1S/C15H17F2NO/c1-18-11-3-4-12(18)7-9(6-11)15(19)13-8-10(16)2-5-14(13)17/h2,5,8-9,11-12H,3-4,6-7H2,1H3. The van der Waals surface area contributed by atoms with E-state index in [0.29, 0.717) is 12.1 Å². The van der Waals surface area contributed by atoms with E-state index in [1.165, 1.54) is 0 Å². The van der Waals surface area contributed by atoms with E-state index in [1.807, 2.05) is 0 Å². The van der Waals surface area contributed by atoms with Crippen molar-refractivity contribution in [2.75, 3.05) is 7.05 Å². The van der Waals surface area contributed by atoms with Crippen molar-refractivity contribution in [2.24, 2.45) is 5.92 Å². The lowest BCUT2D eigenvalue weighted by molar-refractivity contribution is 0.0762. The molecule has 2 aliphatic rings. The first-order valence-electron chi connectivity index (χ1n) is 6.77. The molecule has 2 aliphatic heterocycles. The highest BCUT2D eigenvalue weighted by Gasteiger charge is 2.41. The number of nitrogens with zero attached hydrogens (tertiary/aromatic N) is 1. The van der Waals surface area contributed by atoms with Crippen molar-refractivity contribution in [1.82, 2.24) is 4.90 Å². The van der Waals surface area contributed by atoms with Gasteiger partial charge in [-0.25, -0.2) is 8.78 Å². The van der Waals surface area contributed by atoms with Gasteiger partial charge in [0.05, 0.1) is 5.56 Å². The van der Waals surface area contributed by atoms with Gasteiger partial charge in [0.15, 0.2) is 5.78 Å². The van der Waals surface area contributed by atoms with Crippen LogP contribution in [0.3, 0.4) is 0 Å². The molecule has 2 unspecified atom stereocenters. The van der Waals surface area contributed by atoms with Gasteiger partial charge >= 0.3 is 0 Å². The topological polar surface area (TPSA) is 20.3 Å². The maximum atomic E-state index is 13.7. The molecule has 2 saturated heterocycles. The predicted octanol–water partition coefficient (Wildman–Crippen LogP) is 3.02. The Morgan fingerprint density at radius 2 is 1.84 bits per heavy atom. The minimum atomic E-state index is -0.613. The summed E-state index contributed by atoms with van der Waals surface area (Å²) in [6.45, 7) is 0. The van der Waals surface area contributed by atoms with Crippen molar-refractivity contribution < 1.29 is 13.6 Å². The third-order valence-electron chi connectivity index (χ3n) is 4.66. The highest BCUT2D eigenvalue weighted by molar-refractivity contribution is 5.98. The highest BCUT2D eigenvalue weighted by atomic mass is 19.1. The monoisotopic (exact) mass is 265 g/mol. The number of carbonyl (C=O) groups is 1. The Labute approximate surface area is 111 Å². The van der Waals surface area contributed by atoms with Gasteiger partial charge in [-0.2, -0.15) is 0 Å². The molecule has 1 aromatic carbocycles. The minimum Gasteiger partial charge on any atom is -0.300 e. The van der Waals surface area contributed by atoms with Crippen LogP contribution in [0.5, 0.6) is 0 Å². The summed E-state index contributed by atoms with van der Waals surface area (Å²) in [7, 11) is 2.09. The molecule has 0 radical (unpaired) electrons. The second-order valence-electron chi connectivity index (χ2n) is 5.71. The van der Waals surface area contributed by atoms with Crippen molar-refractivity contribution in [3.63, 3.8) is 0 Å². The van der Waals surface area contributed by atoms with Crippen molar-refractivity contribution in [3.8, 4) is 0 Å². The number of Topliss-reactive ketones (excluding diaryl/α,β-unsaturated/α-hetero) is 1. The number of carbonyl (C=O) groups excluding carboxylic acids is 1. The number of piperidine rings is 1. The second kappa shape index (κ2) is 4.67. The Morgan fingerprint density at radius 3 is 2.47 bits per heavy atom. The molecule has 0 saturated carbocycles. The lowest BCUT2D eigenvalue weighted by atomic mass is 9.85. The molecule has 102 valence electrons. The van der Waals surface area contributed by atoms with Gasteiger partial charge < -0.3 is 4.90 Å². The van der Waals surface area contributed by atoms with Crippen LogP contribution < -0.4 is 0 Å². The van der Waals surface area contributed by atoms with Crippen LogP contribution in [0, 0.1) is 17.6 Å². The fourth-order valence-corrected chi connectivity index (χ4v) is 3.53. The van der Waals surface area contributed by atoms with Crippen LogP contribution in [0.25, 0.3) is 0 Å². The molecule has 0 aromatic heterocycles. The first-order valence-corrected chi connectivity index (χ1v) is 6.77. The highest BCUT2D eigenvalue weighted by Crippen LogP contribution is 2.38. The molecule has 2 heterocycles. The molecule has 2 atom stereocenters. The summed E-state index contributed by atoms with van der Waals surface area (Å²) in [5, 5.41) is 0. The molecule has 4 heteroatoms. The Balaban J connectivity index is 1.83. The summed E-state index contributed by atoms with van der Waals surface area (Å²) < 4.78 is 26.8. The van der Waals surface area contributed by atoms with Gasteiger partial charge in [-0.3, -0.25) is 4.79 Å². The smallest absolute Gasteiger partial charge is 0.169 e. The number of ketones is 1. The molecule has 2 fully saturated rings. The molecule has 2 bridgehead atoms. The number of benzene rings is 1. The third kappa shape index (κ3) is 2.18. The van der Waals surface area contributed by atoms with Crippen LogP contribution in [-0.4, -0.2) is 29.8 Å². The summed E-state index contributed by atoms with van der Waals surface area (Å²) in [4.78, 5) is 14.7. The predicted molar refractivity (Wildman–Crippen MR) is 68.0 cm³/mol. The van der Waals surface area contributed by atoms with Gasteiger partial charge in [-0.05, 0) is 50.9 Å². The fourth-order valence-electron chi connectivity index (χ4n) is 3.53. The van der Waals surface area contributed by atoms with Crippen LogP contribution >= 0.6 is 0 Å². The molecular formula is C15H17F2NO. The quantitative estimate of drug-likeness (QED) is 0.766. The molecular weight excluding hydrogens is 248 g/mol. The summed E-state index contributed by atoms with van der Waals surface area (Å²) in [5.74, 6) is -1.56. The Hall–Kier alpha value is -1.29. The first kappa shape index (κ1) is 12.7. The van der Waals surface area contributed by atoms with Crippen LogP contribution in [0.2, 0.25) is 0 Å². The van der Waals surface area contributed by atoms with Crippen molar-refractivity contribution in [2.45, 2.75) is 37.8 Å². The van der Waals surface area contributed by atoms with E-state index < -0.39 is 11.6 Å². The Morgan fingerprint density at radius 1 is 1.21 bits per heavy atom. The zero-order valence-electron chi connectivity index (χ0n) is 10.9. The van der Waals surface area contributed by atoms with Crippen LogP contribution in [0.15, 0.2) is 18.2 Å². The molecule has 0 N–H and O–H groups in total. The second-order valence-corrected chi connectivity index (χ2v) is 5.71. The molecule has 1 aromatic rings. The van der Waals surface area contributed by atoms with E-state index in [0.717, 1.165) is 43.9 Å². The molecule has 0 amide bonds. The van der Waals surface area contributed by atoms with Crippen molar-refractivity contribution in [3.05, 3.63) is 35.4 Å². The zero-order valence-corrected chi connectivity index (χ0v) is 10.9. The van der Waals surface area contributed by atoms with E-state index in [2.05, 4.69) is 11.9 Å². The number of halogens is 2.